The minimum atomic E-state index is -1.14. The van der Waals surface area contributed by atoms with E-state index in [-0.39, 0.29) is 5.57 Å². The standard InChI is InChI=1S/C14H17NO3/c16-12-13-10-8-6-4-2-1-3-5-7-9-11-14(13)15(17)18/h7-8,11-12,14H,1-6H2. The summed E-state index contributed by atoms with van der Waals surface area (Å²) < 4.78 is 0. The van der Waals surface area contributed by atoms with Crippen LogP contribution >= 0.6 is 0 Å². The number of carbonyl (C=O) groups excluding carboxylic acids is 1. The fourth-order valence-corrected chi connectivity index (χ4v) is 1.73. The summed E-state index contributed by atoms with van der Waals surface area (Å²) in [5, 5.41) is 10.9. The van der Waals surface area contributed by atoms with E-state index in [1.165, 1.54) is 6.08 Å². The maximum atomic E-state index is 10.9. The van der Waals surface area contributed by atoms with Crippen molar-refractivity contribution in [2.75, 3.05) is 0 Å². The summed E-state index contributed by atoms with van der Waals surface area (Å²) in [6, 6.07) is -1.14. The first kappa shape index (κ1) is 14.2. The predicted molar refractivity (Wildman–Crippen MR) is 68.8 cm³/mol. The molecule has 0 bridgehead atoms. The van der Waals surface area contributed by atoms with E-state index in [0.29, 0.717) is 6.29 Å². The molecule has 1 atom stereocenters. The van der Waals surface area contributed by atoms with Crippen LogP contribution in [0.2, 0.25) is 0 Å². The smallest absolute Gasteiger partial charge is 0.273 e. The van der Waals surface area contributed by atoms with E-state index in [0.717, 1.165) is 38.5 Å². The molecule has 0 saturated carbocycles. The summed E-state index contributed by atoms with van der Waals surface area (Å²) in [5.74, 6) is 0. The average Bonchev–Trinajstić information content (AvgIpc) is 2.38. The Labute approximate surface area is 107 Å². The van der Waals surface area contributed by atoms with Gasteiger partial charge in [0.25, 0.3) is 6.04 Å². The van der Waals surface area contributed by atoms with Gasteiger partial charge in [-0.3, -0.25) is 14.9 Å². The fraction of sp³-hybridized carbons (Fsp3) is 0.500. The zero-order valence-corrected chi connectivity index (χ0v) is 10.3. The third-order valence-electron chi connectivity index (χ3n) is 2.76. The van der Waals surface area contributed by atoms with Gasteiger partial charge in [-0.2, -0.15) is 0 Å². The number of rotatable bonds is 2. The van der Waals surface area contributed by atoms with Crippen LogP contribution in [0.5, 0.6) is 0 Å². The van der Waals surface area contributed by atoms with E-state index in [1.807, 2.05) is 0 Å². The minimum absolute atomic E-state index is 0.0557. The monoisotopic (exact) mass is 247 g/mol. The number of nitro groups is 1. The van der Waals surface area contributed by atoms with Crippen LogP contribution in [0.1, 0.15) is 38.5 Å². The van der Waals surface area contributed by atoms with Crippen LogP contribution in [0.4, 0.5) is 0 Å². The third kappa shape index (κ3) is 4.96. The molecule has 1 unspecified atom stereocenters. The van der Waals surface area contributed by atoms with Gasteiger partial charge < -0.3 is 0 Å². The molecule has 0 fully saturated rings. The largest absolute Gasteiger partial charge is 0.297 e. The highest BCUT2D eigenvalue weighted by Gasteiger charge is 2.21. The van der Waals surface area contributed by atoms with Gasteiger partial charge >= 0.3 is 0 Å². The molecule has 4 nitrogen and oxygen atoms in total. The van der Waals surface area contributed by atoms with Crippen molar-refractivity contribution in [3.8, 4) is 0 Å². The van der Waals surface area contributed by atoms with Crippen molar-refractivity contribution in [2.45, 2.75) is 44.6 Å². The molecule has 1 aliphatic rings. The Kier molecular flexibility index (Phi) is 6.49. The van der Waals surface area contributed by atoms with Crippen LogP contribution in [0.25, 0.3) is 0 Å². The number of hydrogen-bond donors (Lipinski definition) is 0. The quantitative estimate of drug-likeness (QED) is 0.326. The highest BCUT2D eigenvalue weighted by molar-refractivity contribution is 5.75. The highest BCUT2D eigenvalue weighted by atomic mass is 16.6. The van der Waals surface area contributed by atoms with Gasteiger partial charge in [0.2, 0.25) is 0 Å². The Balaban J connectivity index is 3.01. The van der Waals surface area contributed by atoms with Crippen molar-refractivity contribution in [3.05, 3.63) is 45.4 Å². The highest BCUT2D eigenvalue weighted by Crippen LogP contribution is 2.09. The van der Waals surface area contributed by atoms with E-state index in [4.69, 9.17) is 0 Å². The second-order valence-electron chi connectivity index (χ2n) is 4.18. The molecule has 0 heterocycles. The van der Waals surface area contributed by atoms with Crippen LogP contribution < -0.4 is 0 Å². The van der Waals surface area contributed by atoms with E-state index >= 15 is 0 Å². The summed E-state index contributed by atoms with van der Waals surface area (Å²) in [4.78, 5) is 21.3. The Morgan fingerprint density at radius 2 is 1.89 bits per heavy atom. The summed E-state index contributed by atoms with van der Waals surface area (Å²) >= 11 is 0. The lowest BCUT2D eigenvalue weighted by molar-refractivity contribution is -0.498. The SMILES string of the molecule is O=CC1=C=CCCCCCCC=C=CC1[N+](=O)[O-]. The summed E-state index contributed by atoms with van der Waals surface area (Å²) in [6.07, 6.45) is 11.4. The van der Waals surface area contributed by atoms with Crippen LogP contribution in [0, 0.1) is 10.1 Å². The second kappa shape index (κ2) is 8.24. The number of hydrogen-bond acceptors (Lipinski definition) is 3. The van der Waals surface area contributed by atoms with Crippen LogP contribution in [-0.4, -0.2) is 17.3 Å². The van der Waals surface area contributed by atoms with Gasteiger partial charge in [0.1, 0.15) is 5.57 Å². The Hall–Kier alpha value is -1.89. The molecule has 96 valence electrons. The van der Waals surface area contributed by atoms with E-state index in [2.05, 4.69) is 11.5 Å². The maximum Gasteiger partial charge on any atom is 0.273 e. The molecule has 0 aromatic heterocycles. The van der Waals surface area contributed by atoms with Crippen molar-refractivity contribution < 1.29 is 9.72 Å². The predicted octanol–water partition coefficient (Wildman–Crippen LogP) is 2.98. The number of nitrogens with zero attached hydrogens (tertiary/aromatic N) is 1. The summed E-state index contributed by atoms with van der Waals surface area (Å²) in [7, 11) is 0. The Morgan fingerprint density at radius 1 is 1.22 bits per heavy atom. The third-order valence-corrected chi connectivity index (χ3v) is 2.76. The zero-order valence-electron chi connectivity index (χ0n) is 10.3. The molecular weight excluding hydrogens is 230 g/mol. The topological polar surface area (TPSA) is 60.2 Å². The van der Waals surface area contributed by atoms with Crippen molar-refractivity contribution >= 4 is 6.29 Å². The Bertz CT molecular complexity index is 424. The minimum Gasteiger partial charge on any atom is -0.297 e. The molecule has 4 heteroatoms. The second-order valence-corrected chi connectivity index (χ2v) is 4.18. The van der Waals surface area contributed by atoms with Crippen LogP contribution in [0.3, 0.4) is 0 Å². The molecular formula is C14H17NO3. The lowest BCUT2D eigenvalue weighted by atomic mass is 10.1. The lowest BCUT2D eigenvalue weighted by Crippen LogP contribution is -2.19. The molecule has 0 saturated heterocycles. The van der Waals surface area contributed by atoms with Crippen molar-refractivity contribution in [1.82, 2.24) is 0 Å². The summed E-state index contributed by atoms with van der Waals surface area (Å²) in [6.45, 7) is 0. The molecule has 1 rings (SSSR count). The van der Waals surface area contributed by atoms with Gasteiger partial charge in [-0.05, 0) is 37.8 Å². The molecule has 0 aliphatic heterocycles. The molecule has 0 amide bonds. The van der Waals surface area contributed by atoms with Gasteiger partial charge in [-0.25, -0.2) is 0 Å². The Morgan fingerprint density at radius 3 is 2.50 bits per heavy atom. The van der Waals surface area contributed by atoms with Gasteiger partial charge in [-0.1, -0.05) is 12.8 Å². The normalized spacial score (nSPS) is 21.3. The molecule has 0 radical (unpaired) electrons. The molecule has 18 heavy (non-hydrogen) atoms. The van der Waals surface area contributed by atoms with Gasteiger partial charge in [0.05, 0.1) is 0 Å². The number of carbonyl (C=O) groups is 1. The van der Waals surface area contributed by atoms with Crippen molar-refractivity contribution in [1.29, 1.82) is 0 Å². The van der Waals surface area contributed by atoms with Crippen LogP contribution in [-0.2, 0) is 4.79 Å². The van der Waals surface area contributed by atoms with Crippen molar-refractivity contribution in [2.24, 2.45) is 0 Å². The zero-order chi connectivity index (χ0) is 13.2. The molecule has 1 aliphatic carbocycles. The average molecular weight is 247 g/mol. The molecule has 0 N–H and O–H groups in total. The fourth-order valence-electron chi connectivity index (χ4n) is 1.73. The first-order chi connectivity index (χ1) is 8.75. The number of aldehydes is 1. The van der Waals surface area contributed by atoms with E-state index in [1.54, 1.807) is 12.2 Å². The van der Waals surface area contributed by atoms with Gasteiger partial charge in [-0.15, -0.1) is 11.5 Å². The molecule has 0 aromatic rings. The van der Waals surface area contributed by atoms with Gasteiger partial charge in [0, 0.05) is 11.0 Å². The lowest BCUT2D eigenvalue weighted by Gasteiger charge is -1.99. The first-order valence-electron chi connectivity index (χ1n) is 6.20. The van der Waals surface area contributed by atoms with E-state index in [9.17, 15) is 14.9 Å². The van der Waals surface area contributed by atoms with Crippen LogP contribution in [0.15, 0.2) is 35.3 Å². The summed E-state index contributed by atoms with van der Waals surface area (Å²) in [5.41, 5.74) is 5.59. The van der Waals surface area contributed by atoms with Gasteiger partial charge in [0.15, 0.2) is 6.29 Å². The van der Waals surface area contributed by atoms with E-state index < -0.39 is 11.0 Å². The molecule has 0 aromatic carbocycles. The maximum absolute atomic E-state index is 10.9. The first-order valence-corrected chi connectivity index (χ1v) is 6.20. The molecule has 0 spiro atoms. The van der Waals surface area contributed by atoms with Crippen molar-refractivity contribution in [3.63, 3.8) is 0 Å².